The standard InChI is InChI=1S/C22H18N6O/c1-13-6-3-4-8-15(13)19-16(10-17-20-21(25-11-23-17)26-12-24-20)27-18-9-5-7-14(2)28(18)22(19)29/h3-9,11-12H,10H2,1-2H3,(H,23,24,25,26). The first-order valence-electron chi connectivity index (χ1n) is 9.33. The molecule has 7 nitrogen and oxygen atoms in total. The minimum atomic E-state index is -0.0790. The van der Waals surface area contributed by atoms with Gasteiger partial charge in [0.05, 0.1) is 23.3 Å². The Kier molecular flexibility index (Phi) is 3.94. The van der Waals surface area contributed by atoms with E-state index in [9.17, 15) is 4.79 Å². The van der Waals surface area contributed by atoms with Gasteiger partial charge < -0.3 is 4.98 Å². The van der Waals surface area contributed by atoms with Crippen molar-refractivity contribution >= 4 is 16.8 Å². The SMILES string of the molecule is Cc1ccccc1-c1c(Cc2ncnc3[nH]cnc23)nc2cccc(C)n2c1=O. The summed E-state index contributed by atoms with van der Waals surface area (Å²) in [6, 6.07) is 13.5. The number of nitrogens with zero attached hydrogens (tertiary/aromatic N) is 5. The van der Waals surface area contributed by atoms with Crippen LogP contribution < -0.4 is 5.56 Å². The van der Waals surface area contributed by atoms with Gasteiger partial charge in [0.15, 0.2) is 5.65 Å². The Balaban J connectivity index is 1.82. The number of H-pyrrole nitrogens is 1. The van der Waals surface area contributed by atoms with Crippen LogP contribution in [0.4, 0.5) is 0 Å². The second kappa shape index (κ2) is 6.63. The number of aromatic amines is 1. The van der Waals surface area contributed by atoms with Gasteiger partial charge in [0.2, 0.25) is 0 Å². The number of imidazole rings is 1. The number of rotatable bonds is 3. The third-order valence-corrected chi connectivity index (χ3v) is 5.16. The normalized spacial score (nSPS) is 11.4. The Morgan fingerprint density at radius 3 is 2.69 bits per heavy atom. The zero-order chi connectivity index (χ0) is 20.0. The highest BCUT2D eigenvalue weighted by molar-refractivity contribution is 5.74. The summed E-state index contributed by atoms with van der Waals surface area (Å²) in [4.78, 5) is 34.4. The number of aryl methyl sites for hydroxylation is 2. The Morgan fingerprint density at radius 2 is 1.83 bits per heavy atom. The molecule has 0 atom stereocenters. The number of benzene rings is 1. The quantitative estimate of drug-likeness (QED) is 0.517. The van der Waals surface area contributed by atoms with Crippen molar-refractivity contribution in [3.05, 3.63) is 88.1 Å². The number of aromatic nitrogens is 6. The van der Waals surface area contributed by atoms with Gasteiger partial charge in [-0.3, -0.25) is 9.20 Å². The summed E-state index contributed by atoms with van der Waals surface area (Å²) in [5.41, 5.74) is 6.65. The topological polar surface area (TPSA) is 88.8 Å². The number of fused-ring (bicyclic) bond motifs is 2. The van der Waals surface area contributed by atoms with E-state index in [1.807, 2.05) is 56.3 Å². The lowest BCUT2D eigenvalue weighted by atomic mass is 9.98. The molecule has 0 bridgehead atoms. The molecular weight excluding hydrogens is 364 g/mol. The van der Waals surface area contributed by atoms with Crippen molar-refractivity contribution in [3.8, 4) is 11.1 Å². The monoisotopic (exact) mass is 382 g/mol. The summed E-state index contributed by atoms with van der Waals surface area (Å²) in [5.74, 6) is 0. The van der Waals surface area contributed by atoms with Crippen LogP contribution in [0.25, 0.3) is 27.9 Å². The Labute approximate surface area is 166 Å². The van der Waals surface area contributed by atoms with E-state index in [2.05, 4.69) is 19.9 Å². The first-order valence-corrected chi connectivity index (χ1v) is 9.33. The first-order chi connectivity index (χ1) is 14.1. The molecule has 0 saturated carbocycles. The molecule has 0 radical (unpaired) electrons. The summed E-state index contributed by atoms with van der Waals surface area (Å²) >= 11 is 0. The molecule has 5 aromatic rings. The number of hydrogen-bond acceptors (Lipinski definition) is 5. The second-order valence-electron chi connectivity index (χ2n) is 7.01. The van der Waals surface area contributed by atoms with E-state index in [1.165, 1.54) is 6.33 Å². The van der Waals surface area contributed by atoms with Gasteiger partial charge in [-0.05, 0) is 37.1 Å². The molecule has 0 spiro atoms. The van der Waals surface area contributed by atoms with Crippen molar-refractivity contribution in [2.75, 3.05) is 0 Å². The Morgan fingerprint density at radius 1 is 0.966 bits per heavy atom. The third-order valence-electron chi connectivity index (χ3n) is 5.16. The van der Waals surface area contributed by atoms with Gasteiger partial charge in [0, 0.05) is 12.1 Å². The van der Waals surface area contributed by atoms with Gasteiger partial charge in [0.25, 0.3) is 5.56 Å². The zero-order valence-electron chi connectivity index (χ0n) is 16.0. The first kappa shape index (κ1) is 17.2. The number of pyridine rings is 1. The molecule has 0 aliphatic rings. The largest absolute Gasteiger partial charge is 0.329 e. The molecule has 0 saturated heterocycles. The third kappa shape index (κ3) is 2.79. The summed E-state index contributed by atoms with van der Waals surface area (Å²) < 4.78 is 1.66. The predicted molar refractivity (Wildman–Crippen MR) is 111 cm³/mol. The van der Waals surface area contributed by atoms with E-state index in [0.29, 0.717) is 34.5 Å². The summed E-state index contributed by atoms with van der Waals surface area (Å²) in [5, 5.41) is 0. The molecule has 0 amide bonds. The molecule has 1 N–H and O–H groups in total. The molecule has 7 heteroatoms. The van der Waals surface area contributed by atoms with Crippen molar-refractivity contribution in [3.63, 3.8) is 0 Å². The highest BCUT2D eigenvalue weighted by Crippen LogP contribution is 2.26. The highest BCUT2D eigenvalue weighted by Gasteiger charge is 2.19. The van der Waals surface area contributed by atoms with Crippen LogP contribution >= 0.6 is 0 Å². The van der Waals surface area contributed by atoms with Crippen LogP contribution in [0.1, 0.15) is 22.6 Å². The second-order valence-corrected chi connectivity index (χ2v) is 7.01. The maximum Gasteiger partial charge on any atom is 0.266 e. The Bertz CT molecular complexity index is 1430. The van der Waals surface area contributed by atoms with Crippen LogP contribution in [0.2, 0.25) is 0 Å². The molecule has 5 rings (SSSR count). The Hall–Kier alpha value is -3.87. The summed E-state index contributed by atoms with van der Waals surface area (Å²) in [6.45, 7) is 3.91. The maximum atomic E-state index is 13.6. The van der Waals surface area contributed by atoms with Crippen molar-refractivity contribution in [1.82, 2.24) is 29.3 Å². The van der Waals surface area contributed by atoms with Crippen LogP contribution in [0, 0.1) is 13.8 Å². The molecule has 29 heavy (non-hydrogen) atoms. The molecule has 0 aliphatic carbocycles. The van der Waals surface area contributed by atoms with Crippen LogP contribution in [0.5, 0.6) is 0 Å². The lowest BCUT2D eigenvalue weighted by Gasteiger charge is -2.14. The van der Waals surface area contributed by atoms with Crippen LogP contribution in [0.15, 0.2) is 59.9 Å². The molecule has 142 valence electrons. The van der Waals surface area contributed by atoms with Crippen molar-refractivity contribution in [2.45, 2.75) is 20.3 Å². The molecule has 4 heterocycles. The molecular formula is C22H18N6O. The fraction of sp³-hybridized carbons (Fsp3) is 0.136. The lowest BCUT2D eigenvalue weighted by molar-refractivity contribution is 0.940. The molecule has 0 aliphatic heterocycles. The van der Waals surface area contributed by atoms with Crippen LogP contribution in [0.3, 0.4) is 0 Å². The van der Waals surface area contributed by atoms with Gasteiger partial charge in [-0.15, -0.1) is 0 Å². The van der Waals surface area contributed by atoms with Crippen molar-refractivity contribution in [1.29, 1.82) is 0 Å². The molecule has 4 aromatic heterocycles. The van der Waals surface area contributed by atoms with Gasteiger partial charge in [-0.1, -0.05) is 30.3 Å². The van der Waals surface area contributed by atoms with Crippen molar-refractivity contribution < 1.29 is 0 Å². The van der Waals surface area contributed by atoms with E-state index >= 15 is 0 Å². The lowest BCUT2D eigenvalue weighted by Crippen LogP contribution is -2.22. The van der Waals surface area contributed by atoms with Crippen LogP contribution in [-0.2, 0) is 6.42 Å². The zero-order valence-corrected chi connectivity index (χ0v) is 16.0. The number of hydrogen-bond donors (Lipinski definition) is 1. The highest BCUT2D eigenvalue weighted by atomic mass is 16.1. The summed E-state index contributed by atoms with van der Waals surface area (Å²) in [7, 11) is 0. The van der Waals surface area contributed by atoms with Crippen molar-refractivity contribution in [2.24, 2.45) is 0 Å². The maximum absolute atomic E-state index is 13.6. The minimum absolute atomic E-state index is 0.0790. The molecule has 0 fully saturated rings. The fourth-order valence-corrected chi connectivity index (χ4v) is 3.74. The minimum Gasteiger partial charge on any atom is -0.329 e. The van der Waals surface area contributed by atoms with Gasteiger partial charge in [0.1, 0.15) is 17.5 Å². The average Bonchev–Trinajstić information content (AvgIpc) is 3.19. The predicted octanol–water partition coefficient (Wildman–Crippen LogP) is 3.24. The summed E-state index contributed by atoms with van der Waals surface area (Å²) in [6.07, 6.45) is 3.48. The van der Waals surface area contributed by atoms with Gasteiger partial charge >= 0.3 is 0 Å². The van der Waals surface area contributed by atoms with Gasteiger partial charge in [-0.25, -0.2) is 19.9 Å². The van der Waals surface area contributed by atoms with E-state index in [4.69, 9.17) is 4.98 Å². The smallest absolute Gasteiger partial charge is 0.266 e. The number of nitrogens with one attached hydrogen (secondary N) is 1. The fourth-order valence-electron chi connectivity index (χ4n) is 3.74. The molecule has 1 aromatic carbocycles. The van der Waals surface area contributed by atoms with E-state index < -0.39 is 0 Å². The van der Waals surface area contributed by atoms with E-state index in [-0.39, 0.29) is 5.56 Å². The van der Waals surface area contributed by atoms with E-state index in [0.717, 1.165) is 22.5 Å². The van der Waals surface area contributed by atoms with Crippen LogP contribution in [-0.4, -0.2) is 29.3 Å². The average molecular weight is 382 g/mol. The molecule has 0 unspecified atom stereocenters. The van der Waals surface area contributed by atoms with Gasteiger partial charge in [-0.2, -0.15) is 0 Å². The van der Waals surface area contributed by atoms with E-state index in [1.54, 1.807) is 10.7 Å².